The van der Waals surface area contributed by atoms with Crippen LogP contribution in [0.3, 0.4) is 0 Å². The first-order chi connectivity index (χ1) is 25.9. The predicted octanol–water partition coefficient (Wildman–Crippen LogP) is 6.03. The number of aliphatic hydroxyl groups is 1. The van der Waals surface area contributed by atoms with E-state index in [0.29, 0.717) is 25.0 Å². The highest BCUT2D eigenvalue weighted by Crippen LogP contribution is 2.24. The van der Waals surface area contributed by atoms with E-state index in [1.165, 1.54) is 30.4 Å². The van der Waals surface area contributed by atoms with E-state index < -0.39 is 6.10 Å². The summed E-state index contributed by atoms with van der Waals surface area (Å²) in [6, 6.07) is 31.3. The van der Waals surface area contributed by atoms with Gasteiger partial charge in [0, 0.05) is 63.4 Å². The van der Waals surface area contributed by atoms with Gasteiger partial charge in [0.2, 0.25) is 5.91 Å². The number of piperazine rings is 1. The lowest BCUT2D eigenvalue weighted by Crippen LogP contribution is -2.52. The summed E-state index contributed by atoms with van der Waals surface area (Å²) < 4.78 is 5.89. The fourth-order valence-corrected chi connectivity index (χ4v) is 7.15. The van der Waals surface area contributed by atoms with Crippen LogP contribution < -0.4 is 10.5 Å². The Labute approximate surface area is 317 Å². The minimum Gasteiger partial charge on any atom is -0.490 e. The van der Waals surface area contributed by atoms with Crippen LogP contribution in [-0.2, 0) is 22.4 Å². The Morgan fingerprint density at radius 2 is 1.47 bits per heavy atom. The number of nitrogens with two attached hydrogens (primary N) is 1. The third kappa shape index (κ3) is 15.0. The van der Waals surface area contributed by atoms with E-state index in [0.717, 1.165) is 88.0 Å². The first-order valence-corrected chi connectivity index (χ1v) is 19.4. The fraction of sp³-hybridized carbons (Fsp3) is 0.477. The molecule has 2 unspecified atom stereocenters. The monoisotopic (exact) mass is 723 g/mol. The Kier molecular flexibility index (Phi) is 18.4. The molecule has 2 atom stereocenters. The van der Waals surface area contributed by atoms with Crippen molar-refractivity contribution in [3.63, 3.8) is 0 Å². The largest absolute Gasteiger partial charge is 0.490 e. The van der Waals surface area contributed by atoms with Crippen molar-refractivity contribution in [2.75, 3.05) is 59.0 Å². The van der Waals surface area contributed by atoms with Crippen molar-refractivity contribution in [2.45, 2.75) is 70.4 Å². The van der Waals surface area contributed by atoms with Crippen LogP contribution in [0.4, 0.5) is 0 Å². The van der Waals surface area contributed by atoms with Crippen LogP contribution in [0.2, 0.25) is 0 Å². The lowest BCUT2D eigenvalue weighted by atomic mass is 10.00. The zero-order chi connectivity index (χ0) is 37.7. The molecule has 1 aromatic heterocycles. The SMILES string of the molecule is C=O.CC1CCCN(C(=O)CN2CCN(CC(O)COc3cccc4ncccc34)CC2)C1.NC(CCCc1ccccc1)CCCc1ccccc1. The molecule has 4 aromatic rings. The lowest BCUT2D eigenvalue weighted by Gasteiger charge is -2.37. The third-order valence-electron chi connectivity index (χ3n) is 10.1. The van der Waals surface area contributed by atoms with Crippen LogP contribution in [-0.4, -0.2) is 109 Å². The number of amides is 1. The van der Waals surface area contributed by atoms with Gasteiger partial charge in [-0.2, -0.15) is 0 Å². The van der Waals surface area contributed by atoms with Gasteiger partial charge in [0.15, 0.2) is 0 Å². The second-order valence-electron chi connectivity index (χ2n) is 14.5. The van der Waals surface area contributed by atoms with Crippen molar-refractivity contribution >= 4 is 23.6 Å². The molecule has 53 heavy (non-hydrogen) atoms. The number of carbonyl (C=O) groups excluding carboxylic acids is 2. The zero-order valence-corrected chi connectivity index (χ0v) is 31.7. The molecule has 9 nitrogen and oxygen atoms in total. The third-order valence-corrected chi connectivity index (χ3v) is 10.1. The highest BCUT2D eigenvalue weighted by Gasteiger charge is 2.25. The second kappa shape index (κ2) is 23.5. The maximum Gasteiger partial charge on any atom is 0.236 e. The number of ether oxygens (including phenoxy) is 1. The van der Waals surface area contributed by atoms with Crippen molar-refractivity contribution in [1.82, 2.24) is 19.7 Å². The summed E-state index contributed by atoms with van der Waals surface area (Å²) >= 11 is 0. The van der Waals surface area contributed by atoms with Crippen LogP contribution in [0.1, 0.15) is 56.6 Å². The molecule has 2 aliphatic heterocycles. The first kappa shape index (κ1) is 41.6. The summed E-state index contributed by atoms with van der Waals surface area (Å²) in [6.45, 7) is 10.8. The van der Waals surface area contributed by atoms with Crippen molar-refractivity contribution in [2.24, 2.45) is 11.7 Å². The summed E-state index contributed by atoms with van der Waals surface area (Å²) in [5, 5.41) is 11.4. The molecule has 286 valence electrons. The van der Waals surface area contributed by atoms with Gasteiger partial charge in [-0.1, -0.05) is 73.7 Å². The van der Waals surface area contributed by atoms with Crippen LogP contribution in [0, 0.1) is 5.92 Å². The summed E-state index contributed by atoms with van der Waals surface area (Å²) in [7, 11) is 0. The molecular weight excluding hydrogens is 663 g/mol. The predicted molar refractivity (Wildman–Crippen MR) is 215 cm³/mol. The highest BCUT2D eigenvalue weighted by atomic mass is 16.5. The molecule has 2 fully saturated rings. The average Bonchev–Trinajstić information content (AvgIpc) is 3.20. The van der Waals surface area contributed by atoms with Crippen LogP contribution in [0.5, 0.6) is 5.75 Å². The van der Waals surface area contributed by atoms with Gasteiger partial charge in [0.25, 0.3) is 0 Å². The summed E-state index contributed by atoms with van der Waals surface area (Å²) in [4.78, 5) is 31.5. The number of aryl methyl sites for hydroxylation is 2. The molecule has 6 rings (SSSR count). The molecule has 3 N–H and O–H groups in total. The highest BCUT2D eigenvalue weighted by molar-refractivity contribution is 5.84. The number of piperidine rings is 1. The second-order valence-corrected chi connectivity index (χ2v) is 14.5. The van der Waals surface area contributed by atoms with Gasteiger partial charge in [0.1, 0.15) is 25.2 Å². The molecule has 3 heterocycles. The Morgan fingerprint density at radius 1 is 0.849 bits per heavy atom. The maximum atomic E-state index is 12.6. The molecule has 0 spiro atoms. The zero-order valence-electron chi connectivity index (χ0n) is 31.7. The van der Waals surface area contributed by atoms with E-state index in [1.807, 2.05) is 42.0 Å². The number of benzene rings is 3. The van der Waals surface area contributed by atoms with Gasteiger partial charge in [-0.25, -0.2) is 0 Å². The number of β-amino-alcohol motifs (C(OH)–C–C–N with tert-alkyl or cyclic N) is 1. The lowest BCUT2D eigenvalue weighted by molar-refractivity contribution is -0.134. The molecule has 1 amide bonds. The number of hydrogen-bond donors (Lipinski definition) is 2. The Hall–Kier alpha value is -4.15. The van der Waals surface area contributed by atoms with Gasteiger partial charge in [-0.15, -0.1) is 0 Å². The van der Waals surface area contributed by atoms with E-state index >= 15 is 0 Å². The van der Waals surface area contributed by atoms with E-state index in [-0.39, 0.29) is 12.5 Å². The topological polar surface area (TPSA) is 112 Å². The van der Waals surface area contributed by atoms with Crippen molar-refractivity contribution < 1.29 is 19.4 Å². The molecule has 0 saturated carbocycles. The van der Waals surface area contributed by atoms with Gasteiger partial charge in [-0.3, -0.25) is 19.6 Å². The molecule has 2 saturated heterocycles. The summed E-state index contributed by atoms with van der Waals surface area (Å²) in [6.07, 6.45) is 10.5. The normalized spacial score (nSPS) is 17.0. The number of aromatic nitrogens is 1. The Bertz CT molecular complexity index is 1530. The minimum atomic E-state index is -0.560. The minimum absolute atomic E-state index is 0.250. The summed E-state index contributed by atoms with van der Waals surface area (Å²) in [5.41, 5.74) is 9.93. The quantitative estimate of drug-likeness (QED) is 0.153. The van der Waals surface area contributed by atoms with Gasteiger partial charge in [-0.05, 0) is 92.7 Å². The molecule has 0 bridgehead atoms. The van der Waals surface area contributed by atoms with Crippen LogP contribution in [0.15, 0.2) is 97.2 Å². The van der Waals surface area contributed by atoms with Crippen molar-refractivity contribution in [1.29, 1.82) is 0 Å². The van der Waals surface area contributed by atoms with E-state index in [4.69, 9.17) is 15.3 Å². The van der Waals surface area contributed by atoms with E-state index in [9.17, 15) is 9.90 Å². The van der Waals surface area contributed by atoms with Gasteiger partial charge < -0.3 is 25.3 Å². The number of likely N-dealkylation sites (tertiary alicyclic amines) is 1. The van der Waals surface area contributed by atoms with Crippen molar-refractivity contribution in [3.05, 3.63) is 108 Å². The number of pyridine rings is 1. The fourth-order valence-electron chi connectivity index (χ4n) is 7.15. The van der Waals surface area contributed by atoms with Crippen LogP contribution in [0.25, 0.3) is 10.9 Å². The molecule has 0 radical (unpaired) electrons. The maximum absolute atomic E-state index is 12.6. The Balaban J connectivity index is 0.000000247. The summed E-state index contributed by atoms with van der Waals surface area (Å²) in [5.74, 6) is 1.63. The van der Waals surface area contributed by atoms with Gasteiger partial charge in [0.05, 0.1) is 12.1 Å². The van der Waals surface area contributed by atoms with E-state index in [2.05, 4.69) is 82.4 Å². The van der Waals surface area contributed by atoms with E-state index in [1.54, 1.807) is 6.20 Å². The first-order valence-electron chi connectivity index (χ1n) is 19.4. The molecule has 0 aliphatic carbocycles. The number of nitrogens with zero attached hydrogens (tertiary/aromatic N) is 4. The van der Waals surface area contributed by atoms with Gasteiger partial charge >= 0.3 is 0 Å². The number of carbonyl (C=O) groups is 2. The molecule has 9 heteroatoms. The van der Waals surface area contributed by atoms with Crippen molar-refractivity contribution in [3.8, 4) is 5.75 Å². The van der Waals surface area contributed by atoms with Crippen LogP contribution >= 0.6 is 0 Å². The smallest absolute Gasteiger partial charge is 0.236 e. The molecule has 3 aromatic carbocycles. The number of fused-ring (bicyclic) bond motifs is 1. The molecule has 2 aliphatic rings. The number of rotatable bonds is 15. The number of aliphatic hydroxyl groups excluding tert-OH is 1. The standard InChI is InChI=1S/C24H34N4O3.C19H25N.CH2O/c1-19-5-4-10-28(15-19)24(30)17-27-13-11-26(12-14-27)16-20(29)18-31-23-8-2-7-22-21(23)6-3-9-25-22;20-19(15-7-13-17-9-3-1-4-10-17)16-8-14-18-11-5-2-6-12-18;1-2/h2-3,6-9,19-20,29H,4-5,10-18H2,1H3;1-6,9-12,19H,7-8,13-16,20H2;1H2. The molecular formula is C44H61N5O4. The average molecular weight is 724 g/mol. The Morgan fingerprint density at radius 3 is 2.09 bits per heavy atom. The number of hydrogen-bond acceptors (Lipinski definition) is 8.